The average molecular weight is 613 g/mol. The van der Waals surface area contributed by atoms with Gasteiger partial charge in [-0.1, -0.05) is 54.6 Å². The molecule has 3 atom stereocenters. The van der Waals surface area contributed by atoms with Crippen molar-refractivity contribution in [3.8, 4) is 0 Å². The lowest BCUT2D eigenvalue weighted by Crippen LogP contribution is -2.32. The number of nitrogens with two attached hydrogens (primary N) is 3. The Hall–Kier alpha value is -5.43. The van der Waals surface area contributed by atoms with Gasteiger partial charge in [0, 0.05) is 70.6 Å². The van der Waals surface area contributed by atoms with Crippen LogP contribution < -0.4 is 17.2 Å². The highest BCUT2D eigenvalue weighted by molar-refractivity contribution is 5.86. The summed E-state index contributed by atoms with van der Waals surface area (Å²) in [6, 6.07) is 20.7. The molecule has 0 aliphatic carbocycles. The van der Waals surface area contributed by atoms with Crippen molar-refractivity contribution >= 4 is 50.6 Å². The van der Waals surface area contributed by atoms with E-state index in [0.29, 0.717) is 19.3 Å². The van der Waals surface area contributed by atoms with Crippen LogP contribution in [0.25, 0.3) is 32.7 Å². The Kier molecular flexibility index (Phi) is 10.7. The molecule has 234 valence electrons. The molecule has 0 amide bonds. The zero-order valence-electron chi connectivity index (χ0n) is 24.3. The fraction of sp³-hybridized carbons (Fsp3) is 0.182. The van der Waals surface area contributed by atoms with E-state index in [2.05, 4.69) is 15.0 Å². The van der Waals surface area contributed by atoms with Crippen LogP contribution in [-0.4, -0.2) is 66.3 Å². The number of hydrogen-bond donors (Lipinski definition) is 9. The molecule has 0 aliphatic heterocycles. The number of aliphatic carboxylic acids is 3. The van der Waals surface area contributed by atoms with E-state index in [0.717, 1.165) is 49.4 Å². The lowest BCUT2D eigenvalue weighted by atomic mass is 10.1. The molecule has 3 aromatic heterocycles. The number of benzene rings is 3. The molecule has 0 saturated carbocycles. The first-order valence-electron chi connectivity index (χ1n) is 14.1. The van der Waals surface area contributed by atoms with E-state index in [9.17, 15) is 14.4 Å². The molecule has 12 heteroatoms. The van der Waals surface area contributed by atoms with Gasteiger partial charge in [0.1, 0.15) is 18.1 Å². The molecular weight excluding hydrogens is 576 g/mol. The molecule has 6 aromatic rings. The van der Waals surface area contributed by atoms with E-state index in [-0.39, 0.29) is 0 Å². The maximum Gasteiger partial charge on any atom is 0.320 e. The van der Waals surface area contributed by atoms with Crippen LogP contribution in [0.1, 0.15) is 16.7 Å². The van der Waals surface area contributed by atoms with Gasteiger partial charge in [0.2, 0.25) is 0 Å². The summed E-state index contributed by atoms with van der Waals surface area (Å²) < 4.78 is 0. The van der Waals surface area contributed by atoms with Gasteiger partial charge in [-0.3, -0.25) is 14.4 Å². The third-order valence-electron chi connectivity index (χ3n) is 7.30. The van der Waals surface area contributed by atoms with E-state index in [1.807, 2.05) is 91.4 Å². The van der Waals surface area contributed by atoms with Gasteiger partial charge < -0.3 is 47.5 Å². The first-order chi connectivity index (χ1) is 21.5. The number of nitrogens with one attached hydrogen (secondary N) is 3. The van der Waals surface area contributed by atoms with Crippen LogP contribution >= 0.6 is 0 Å². The molecule has 0 radical (unpaired) electrons. The summed E-state index contributed by atoms with van der Waals surface area (Å²) in [5.41, 5.74) is 22.3. The number of carboxylic acids is 3. The monoisotopic (exact) mass is 612 g/mol. The average Bonchev–Trinajstić information content (AvgIpc) is 3.75. The highest BCUT2D eigenvalue weighted by Crippen LogP contribution is 2.20. The highest BCUT2D eigenvalue weighted by atomic mass is 16.4. The quantitative estimate of drug-likeness (QED) is 0.116. The normalized spacial score (nSPS) is 12.9. The molecule has 12 nitrogen and oxygen atoms in total. The molecule has 0 aliphatic rings. The summed E-state index contributed by atoms with van der Waals surface area (Å²) in [5, 5.41) is 29.3. The van der Waals surface area contributed by atoms with E-state index in [1.165, 1.54) is 0 Å². The highest BCUT2D eigenvalue weighted by Gasteiger charge is 2.16. The lowest BCUT2D eigenvalue weighted by molar-refractivity contribution is -0.139. The molecule has 1 unspecified atom stereocenters. The second kappa shape index (κ2) is 14.8. The summed E-state index contributed by atoms with van der Waals surface area (Å²) >= 11 is 0. The standard InChI is InChI=1S/3C11H12N2O2/c3*12-9(11(14)15)5-7-6-13-10-4-2-1-3-8(7)10/h3*1-4,6,9,13H,5,12H2,(H,14,15)/t2*9-;/m10./s1. The number of H-pyrrole nitrogens is 3. The van der Waals surface area contributed by atoms with Gasteiger partial charge in [0.05, 0.1) is 0 Å². The van der Waals surface area contributed by atoms with Gasteiger partial charge in [0.15, 0.2) is 0 Å². The summed E-state index contributed by atoms with van der Waals surface area (Å²) in [5.74, 6) is -2.92. The summed E-state index contributed by atoms with van der Waals surface area (Å²) in [4.78, 5) is 41.1. The van der Waals surface area contributed by atoms with Gasteiger partial charge >= 0.3 is 17.9 Å². The van der Waals surface area contributed by atoms with E-state index >= 15 is 0 Å². The van der Waals surface area contributed by atoms with Crippen LogP contribution in [0.5, 0.6) is 0 Å². The van der Waals surface area contributed by atoms with Crippen molar-refractivity contribution < 1.29 is 29.7 Å². The number of para-hydroxylation sites is 3. The van der Waals surface area contributed by atoms with E-state index in [1.54, 1.807) is 0 Å². The number of carboxylic acid groups (broad SMARTS) is 3. The van der Waals surface area contributed by atoms with Gasteiger partial charge in [-0.2, -0.15) is 0 Å². The van der Waals surface area contributed by atoms with Crippen molar-refractivity contribution in [2.24, 2.45) is 17.2 Å². The number of carbonyl (C=O) groups is 3. The van der Waals surface area contributed by atoms with Crippen molar-refractivity contribution in [1.82, 2.24) is 15.0 Å². The van der Waals surface area contributed by atoms with Crippen LogP contribution in [0.2, 0.25) is 0 Å². The van der Waals surface area contributed by atoms with Crippen molar-refractivity contribution in [2.75, 3.05) is 0 Å². The zero-order valence-corrected chi connectivity index (χ0v) is 24.3. The van der Waals surface area contributed by atoms with Crippen molar-refractivity contribution in [2.45, 2.75) is 37.4 Å². The Labute approximate surface area is 257 Å². The SMILES string of the molecule is NC(Cc1c[nH]c2ccccc12)C(=O)O.N[C@@H](Cc1c[nH]c2ccccc12)C(=O)O.N[C@H](Cc1c[nH]c2ccccc12)C(=O)O. The van der Waals surface area contributed by atoms with Crippen molar-refractivity contribution in [3.05, 3.63) is 108 Å². The maximum absolute atomic E-state index is 10.6. The van der Waals surface area contributed by atoms with Gasteiger partial charge in [-0.15, -0.1) is 0 Å². The third-order valence-corrected chi connectivity index (χ3v) is 7.30. The third kappa shape index (κ3) is 8.36. The Bertz CT molecular complexity index is 1690. The molecule has 0 saturated heterocycles. The Morgan fingerprint density at radius 2 is 0.733 bits per heavy atom. The number of rotatable bonds is 9. The maximum atomic E-state index is 10.6. The fourth-order valence-corrected chi connectivity index (χ4v) is 4.87. The van der Waals surface area contributed by atoms with Crippen LogP contribution in [0.4, 0.5) is 0 Å². The van der Waals surface area contributed by atoms with Gasteiger partial charge in [0.25, 0.3) is 0 Å². The molecule has 0 bridgehead atoms. The number of hydrogen-bond acceptors (Lipinski definition) is 6. The van der Waals surface area contributed by atoms with Crippen molar-refractivity contribution in [3.63, 3.8) is 0 Å². The van der Waals surface area contributed by atoms with Crippen LogP contribution in [0.15, 0.2) is 91.4 Å². The summed E-state index contributed by atoms with van der Waals surface area (Å²) in [6.45, 7) is 0. The minimum absolute atomic E-state index is 0.347. The predicted molar refractivity (Wildman–Crippen MR) is 173 cm³/mol. The Morgan fingerprint density at radius 3 is 0.978 bits per heavy atom. The Morgan fingerprint density at radius 1 is 0.489 bits per heavy atom. The number of aromatic amines is 3. The number of aromatic nitrogens is 3. The van der Waals surface area contributed by atoms with Crippen LogP contribution in [0, 0.1) is 0 Å². The van der Waals surface area contributed by atoms with Crippen molar-refractivity contribution in [1.29, 1.82) is 0 Å². The van der Waals surface area contributed by atoms with Gasteiger partial charge in [-0.25, -0.2) is 0 Å². The first kappa shape index (κ1) is 32.5. The molecule has 0 fully saturated rings. The second-order valence-corrected chi connectivity index (χ2v) is 10.5. The first-order valence-corrected chi connectivity index (χ1v) is 14.1. The molecule has 6 rings (SSSR count). The van der Waals surface area contributed by atoms with E-state index < -0.39 is 36.0 Å². The largest absolute Gasteiger partial charge is 0.480 e. The zero-order chi connectivity index (χ0) is 32.5. The predicted octanol–water partition coefficient (Wildman–Crippen LogP) is 3.37. The molecule has 3 heterocycles. The molecule has 45 heavy (non-hydrogen) atoms. The summed E-state index contributed by atoms with van der Waals surface area (Å²) in [6.07, 6.45) is 6.48. The second-order valence-electron chi connectivity index (χ2n) is 10.5. The smallest absolute Gasteiger partial charge is 0.320 e. The summed E-state index contributed by atoms with van der Waals surface area (Å²) in [7, 11) is 0. The molecular formula is C33H36N6O6. The van der Waals surface area contributed by atoms with Crippen LogP contribution in [-0.2, 0) is 33.6 Å². The molecule has 0 spiro atoms. The molecule has 3 aromatic carbocycles. The lowest BCUT2D eigenvalue weighted by Gasteiger charge is -2.04. The Balaban J connectivity index is 0.000000154. The van der Waals surface area contributed by atoms with E-state index in [4.69, 9.17) is 32.5 Å². The minimum Gasteiger partial charge on any atom is -0.480 e. The minimum atomic E-state index is -0.972. The van der Waals surface area contributed by atoms with Gasteiger partial charge in [-0.05, 0) is 34.9 Å². The number of fused-ring (bicyclic) bond motifs is 3. The fourth-order valence-electron chi connectivity index (χ4n) is 4.87. The topological polar surface area (TPSA) is 237 Å². The molecule has 12 N–H and O–H groups in total. The van der Waals surface area contributed by atoms with Crippen LogP contribution in [0.3, 0.4) is 0 Å².